The fourth-order valence-electron chi connectivity index (χ4n) is 3.54. The van der Waals surface area contributed by atoms with Gasteiger partial charge in [0.25, 0.3) is 0 Å². The van der Waals surface area contributed by atoms with E-state index in [1.54, 1.807) is 41.4 Å². The summed E-state index contributed by atoms with van der Waals surface area (Å²) in [5.41, 5.74) is 0.944. The number of carbonyl (C=O) groups is 1. The van der Waals surface area contributed by atoms with Crippen molar-refractivity contribution < 1.29 is 17.9 Å². The third kappa shape index (κ3) is 3.24. The van der Waals surface area contributed by atoms with Crippen molar-refractivity contribution in [2.75, 3.05) is 18.8 Å². The second kappa shape index (κ2) is 6.81. The summed E-state index contributed by atoms with van der Waals surface area (Å²) >= 11 is 0. The molecule has 138 valence electrons. The Bertz CT molecular complexity index is 896. The molecule has 1 aromatic heterocycles. The van der Waals surface area contributed by atoms with E-state index in [1.165, 1.54) is 0 Å². The lowest BCUT2D eigenvalue weighted by molar-refractivity contribution is -0.139. The van der Waals surface area contributed by atoms with E-state index in [9.17, 15) is 13.2 Å². The van der Waals surface area contributed by atoms with E-state index >= 15 is 0 Å². The molecule has 9 heteroatoms. The van der Waals surface area contributed by atoms with E-state index in [4.69, 9.17) is 4.74 Å². The largest absolute Gasteiger partial charge is 0.368 e. The van der Waals surface area contributed by atoms with Gasteiger partial charge in [0.05, 0.1) is 41.3 Å². The molecule has 0 radical (unpaired) electrons. The molecule has 2 aromatic rings. The fourth-order valence-corrected chi connectivity index (χ4v) is 4.79. The Labute approximate surface area is 151 Å². The molecule has 26 heavy (non-hydrogen) atoms. The average Bonchev–Trinajstić information content (AvgIpc) is 3.15. The molecular formula is C17H20N4O4S. The molecule has 0 saturated carbocycles. The Balaban J connectivity index is 1.37. The number of ether oxygens (including phenoxy) is 1. The maximum absolute atomic E-state index is 12.5. The maximum atomic E-state index is 12.5. The first-order valence-electron chi connectivity index (χ1n) is 8.61. The fraction of sp³-hybridized carbons (Fsp3) is 0.471. The molecule has 2 aliphatic rings. The highest BCUT2D eigenvalue weighted by molar-refractivity contribution is 7.91. The van der Waals surface area contributed by atoms with Crippen LogP contribution in [0, 0.1) is 0 Å². The van der Waals surface area contributed by atoms with Crippen molar-refractivity contribution in [3.8, 4) is 0 Å². The summed E-state index contributed by atoms with van der Waals surface area (Å²) in [6.07, 6.45) is 2.26. The lowest BCUT2D eigenvalue weighted by Gasteiger charge is -2.41. The molecule has 8 nitrogen and oxygen atoms in total. The number of benzene rings is 1. The molecule has 4 rings (SSSR count). The minimum absolute atomic E-state index is 0.0246. The van der Waals surface area contributed by atoms with E-state index in [-0.39, 0.29) is 35.1 Å². The number of aromatic nitrogens is 3. The van der Waals surface area contributed by atoms with E-state index in [1.807, 2.05) is 4.68 Å². The van der Waals surface area contributed by atoms with Crippen molar-refractivity contribution in [3.63, 3.8) is 0 Å². The molecule has 0 aliphatic carbocycles. The third-order valence-electron chi connectivity index (χ3n) is 4.97. The third-order valence-corrected chi connectivity index (χ3v) is 6.70. The molecule has 3 heterocycles. The summed E-state index contributed by atoms with van der Waals surface area (Å²) in [5, 5.41) is 8.04. The molecule has 0 bridgehead atoms. The number of amides is 1. The standard InChI is InChI=1S/C17H20N4O4S/c22-17(7-9-26(23,24)14-4-2-1-3-5-14)20-8-6-15-16(11-20)25-12-13-10-18-19-21(13)15/h1-5,10,15-16H,6-9,11-12H2/t15-,16-/m0/s1. The van der Waals surface area contributed by atoms with Gasteiger partial charge in [0.1, 0.15) is 0 Å². The molecule has 0 spiro atoms. The predicted molar refractivity (Wildman–Crippen MR) is 91.9 cm³/mol. The van der Waals surface area contributed by atoms with Gasteiger partial charge in [-0.25, -0.2) is 13.1 Å². The molecule has 0 unspecified atom stereocenters. The molecule has 1 saturated heterocycles. The molecule has 1 amide bonds. The summed E-state index contributed by atoms with van der Waals surface area (Å²) in [4.78, 5) is 14.5. The lowest BCUT2D eigenvalue weighted by atomic mass is 10.00. The van der Waals surface area contributed by atoms with Crippen LogP contribution in [0.3, 0.4) is 0 Å². The van der Waals surface area contributed by atoms with Crippen molar-refractivity contribution in [1.82, 2.24) is 19.9 Å². The normalized spacial score (nSPS) is 22.5. The van der Waals surface area contributed by atoms with Gasteiger partial charge in [-0.15, -0.1) is 5.10 Å². The van der Waals surface area contributed by atoms with Gasteiger partial charge in [-0.2, -0.15) is 0 Å². The van der Waals surface area contributed by atoms with Crippen LogP contribution >= 0.6 is 0 Å². The van der Waals surface area contributed by atoms with Crippen molar-refractivity contribution in [2.24, 2.45) is 0 Å². The van der Waals surface area contributed by atoms with Crippen LogP contribution in [-0.4, -0.2) is 59.2 Å². The Kier molecular flexibility index (Phi) is 4.49. The minimum Gasteiger partial charge on any atom is -0.368 e. The number of likely N-dealkylation sites (tertiary alicyclic amines) is 1. The van der Waals surface area contributed by atoms with Gasteiger partial charge in [0.2, 0.25) is 5.91 Å². The van der Waals surface area contributed by atoms with Crippen molar-refractivity contribution >= 4 is 15.7 Å². The number of fused-ring (bicyclic) bond motifs is 3. The van der Waals surface area contributed by atoms with Crippen LogP contribution in [0.2, 0.25) is 0 Å². The number of rotatable bonds is 4. The number of hydrogen-bond acceptors (Lipinski definition) is 6. The van der Waals surface area contributed by atoms with Crippen molar-refractivity contribution in [1.29, 1.82) is 0 Å². The van der Waals surface area contributed by atoms with E-state index in [0.29, 0.717) is 19.7 Å². The average molecular weight is 376 g/mol. The Morgan fingerprint density at radius 3 is 2.88 bits per heavy atom. The van der Waals surface area contributed by atoms with Crippen molar-refractivity contribution in [3.05, 3.63) is 42.2 Å². The van der Waals surface area contributed by atoms with Gasteiger partial charge in [-0.05, 0) is 18.6 Å². The number of piperidine rings is 1. The first kappa shape index (κ1) is 17.2. The van der Waals surface area contributed by atoms with Crippen LogP contribution in [-0.2, 0) is 26.0 Å². The minimum atomic E-state index is -3.45. The van der Waals surface area contributed by atoms with Gasteiger partial charge in [0, 0.05) is 19.5 Å². The summed E-state index contributed by atoms with van der Waals surface area (Å²) < 4.78 is 32.4. The smallest absolute Gasteiger partial charge is 0.223 e. The second-order valence-corrected chi connectivity index (χ2v) is 8.71. The van der Waals surface area contributed by atoms with E-state index in [0.717, 1.165) is 12.1 Å². The lowest BCUT2D eigenvalue weighted by Crippen LogP contribution is -2.50. The summed E-state index contributed by atoms with van der Waals surface area (Å²) in [6, 6.07) is 8.31. The van der Waals surface area contributed by atoms with Crippen LogP contribution in [0.5, 0.6) is 0 Å². The number of sulfone groups is 1. The van der Waals surface area contributed by atoms with E-state index < -0.39 is 9.84 Å². The van der Waals surface area contributed by atoms with Crippen LogP contribution in [0.1, 0.15) is 24.6 Å². The Morgan fingerprint density at radius 2 is 2.08 bits per heavy atom. The zero-order chi connectivity index (χ0) is 18.1. The zero-order valence-corrected chi connectivity index (χ0v) is 15.0. The summed E-state index contributed by atoms with van der Waals surface area (Å²) in [5.74, 6) is -0.343. The molecule has 2 atom stereocenters. The number of nitrogens with zero attached hydrogens (tertiary/aromatic N) is 4. The van der Waals surface area contributed by atoms with Gasteiger partial charge in [-0.3, -0.25) is 4.79 Å². The first-order valence-corrected chi connectivity index (χ1v) is 10.3. The highest BCUT2D eigenvalue weighted by atomic mass is 32.2. The number of hydrogen-bond donors (Lipinski definition) is 0. The van der Waals surface area contributed by atoms with E-state index in [2.05, 4.69) is 10.3 Å². The topological polar surface area (TPSA) is 94.4 Å². The molecule has 1 aromatic carbocycles. The SMILES string of the molecule is O=C(CCS(=O)(=O)c1ccccc1)N1CC[C@H]2[C@H](C1)OCc1cnnn12. The maximum Gasteiger partial charge on any atom is 0.223 e. The van der Waals surface area contributed by atoms with Gasteiger partial charge < -0.3 is 9.64 Å². The highest BCUT2D eigenvalue weighted by Crippen LogP contribution is 2.30. The van der Waals surface area contributed by atoms with Gasteiger partial charge >= 0.3 is 0 Å². The highest BCUT2D eigenvalue weighted by Gasteiger charge is 2.37. The van der Waals surface area contributed by atoms with Crippen LogP contribution in [0.25, 0.3) is 0 Å². The number of carbonyl (C=O) groups excluding carboxylic acids is 1. The molecule has 1 fully saturated rings. The summed E-state index contributed by atoms with van der Waals surface area (Å²) in [6.45, 7) is 1.45. The first-order chi connectivity index (χ1) is 12.5. The van der Waals surface area contributed by atoms with Crippen LogP contribution in [0.4, 0.5) is 0 Å². The predicted octanol–water partition coefficient (Wildman–Crippen LogP) is 0.814. The molecular weight excluding hydrogens is 356 g/mol. The second-order valence-electron chi connectivity index (χ2n) is 6.60. The van der Waals surface area contributed by atoms with Crippen molar-refractivity contribution in [2.45, 2.75) is 36.5 Å². The molecule has 0 N–H and O–H groups in total. The zero-order valence-electron chi connectivity index (χ0n) is 14.2. The monoisotopic (exact) mass is 376 g/mol. The Morgan fingerprint density at radius 1 is 1.27 bits per heavy atom. The van der Waals surface area contributed by atoms with Gasteiger partial charge in [0.15, 0.2) is 9.84 Å². The Hall–Kier alpha value is -2.26. The van der Waals surface area contributed by atoms with Crippen LogP contribution in [0.15, 0.2) is 41.4 Å². The van der Waals surface area contributed by atoms with Gasteiger partial charge in [-0.1, -0.05) is 23.4 Å². The van der Waals surface area contributed by atoms with Crippen LogP contribution < -0.4 is 0 Å². The summed E-state index contributed by atoms with van der Waals surface area (Å²) in [7, 11) is -3.45. The quantitative estimate of drug-likeness (QED) is 0.784. The molecule has 2 aliphatic heterocycles.